The predicted octanol–water partition coefficient (Wildman–Crippen LogP) is 1.58. The van der Waals surface area contributed by atoms with Crippen LogP contribution in [0.25, 0.3) is 0 Å². The fraction of sp³-hybridized carbons (Fsp3) is 0.615. The Balaban J connectivity index is 1.89. The van der Waals surface area contributed by atoms with E-state index in [1.54, 1.807) is 5.38 Å². The number of piperidine rings is 1. The van der Waals surface area contributed by atoms with E-state index in [0.717, 1.165) is 25.9 Å². The number of carboxylic acid groups (broad SMARTS) is 1. The van der Waals surface area contributed by atoms with E-state index in [9.17, 15) is 9.59 Å². The lowest BCUT2D eigenvalue weighted by Crippen LogP contribution is -2.43. The normalized spacial score (nSPS) is 16.8. The van der Waals surface area contributed by atoms with Gasteiger partial charge in [0.05, 0.1) is 12.1 Å². The highest BCUT2D eigenvalue weighted by molar-refractivity contribution is 7.13. The molecule has 1 aromatic rings. The SMILES string of the molecule is CC(Nc1nc(CC(=O)O)cs1)C(=O)N1CCCCC1. The summed E-state index contributed by atoms with van der Waals surface area (Å²) in [5.74, 6) is -0.820. The van der Waals surface area contributed by atoms with Crippen LogP contribution in [0.1, 0.15) is 31.9 Å². The van der Waals surface area contributed by atoms with Crippen molar-refractivity contribution in [3.8, 4) is 0 Å². The second kappa shape index (κ2) is 6.69. The smallest absolute Gasteiger partial charge is 0.309 e. The molecular weight excluding hydrogens is 278 g/mol. The molecule has 1 fully saturated rings. The third kappa shape index (κ3) is 3.93. The van der Waals surface area contributed by atoms with Crippen molar-refractivity contribution in [1.29, 1.82) is 0 Å². The number of nitrogens with zero attached hydrogens (tertiary/aromatic N) is 2. The number of hydrogen-bond acceptors (Lipinski definition) is 5. The molecule has 1 aromatic heterocycles. The second-order valence-electron chi connectivity index (χ2n) is 4.97. The van der Waals surface area contributed by atoms with Gasteiger partial charge in [-0.3, -0.25) is 9.59 Å². The van der Waals surface area contributed by atoms with Gasteiger partial charge in [0, 0.05) is 18.5 Å². The van der Waals surface area contributed by atoms with Crippen molar-refractivity contribution >= 4 is 28.3 Å². The molecule has 0 aromatic carbocycles. The Kier molecular flexibility index (Phi) is 4.94. The molecule has 1 unspecified atom stereocenters. The molecule has 110 valence electrons. The van der Waals surface area contributed by atoms with Gasteiger partial charge in [-0.2, -0.15) is 0 Å². The lowest BCUT2D eigenvalue weighted by atomic mass is 10.1. The van der Waals surface area contributed by atoms with E-state index in [-0.39, 0.29) is 18.4 Å². The molecule has 0 radical (unpaired) electrons. The average molecular weight is 297 g/mol. The quantitative estimate of drug-likeness (QED) is 0.862. The fourth-order valence-electron chi connectivity index (χ4n) is 2.24. The third-order valence-electron chi connectivity index (χ3n) is 3.26. The lowest BCUT2D eigenvalue weighted by Gasteiger charge is -2.29. The van der Waals surface area contributed by atoms with Gasteiger partial charge in [0.25, 0.3) is 0 Å². The zero-order valence-corrected chi connectivity index (χ0v) is 12.3. The summed E-state index contributed by atoms with van der Waals surface area (Å²) in [7, 11) is 0. The van der Waals surface area contributed by atoms with E-state index in [1.807, 2.05) is 11.8 Å². The Morgan fingerprint density at radius 2 is 2.15 bits per heavy atom. The van der Waals surface area contributed by atoms with Gasteiger partial charge in [-0.05, 0) is 26.2 Å². The summed E-state index contributed by atoms with van der Waals surface area (Å²) < 4.78 is 0. The fourth-order valence-corrected chi connectivity index (χ4v) is 3.04. The molecule has 2 N–H and O–H groups in total. The first kappa shape index (κ1) is 14.8. The molecule has 0 bridgehead atoms. The lowest BCUT2D eigenvalue weighted by molar-refractivity contribution is -0.136. The topological polar surface area (TPSA) is 82.5 Å². The first-order chi connectivity index (χ1) is 9.56. The summed E-state index contributed by atoms with van der Waals surface area (Å²) in [5, 5.41) is 14.1. The Labute approximate surface area is 121 Å². The van der Waals surface area contributed by atoms with Crippen molar-refractivity contribution < 1.29 is 14.7 Å². The number of aromatic nitrogens is 1. The number of aliphatic carboxylic acids is 1. The molecule has 1 aliphatic rings. The Morgan fingerprint density at radius 1 is 1.45 bits per heavy atom. The highest BCUT2D eigenvalue weighted by Gasteiger charge is 2.22. The van der Waals surface area contributed by atoms with Crippen LogP contribution < -0.4 is 5.32 Å². The number of rotatable bonds is 5. The number of carboxylic acids is 1. The summed E-state index contributed by atoms with van der Waals surface area (Å²) >= 11 is 1.33. The maximum atomic E-state index is 12.2. The number of nitrogens with one attached hydrogen (secondary N) is 1. The second-order valence-corrected chi connectivity index (χ2v) is 5.82. The molecule has 0 aliphatic carbocycles. The highest BCUT2D eigenvalue weighted by atomic mass is 32.1. The van der Waals surface area contributed by atoms with Crippen molar-refractivity contribution in [2.45, 2.75) is 38.6 Å². The van der Waals surface area contributed by atoms with Crippen LogP contribution in [0.15, 0.2) is 5.38 Å². The molecule has 20 heavy (non-hydrogen) atoms. The monoisotopic (exact) mass is 297 g/mol. The van der Waals surface area contributed by atoms with E-state index in [0.29, 0.717) is 10.8 Å². The van der Waals surface area contributed by atoms with Crippen LogP contribution in [-0.4, -0.2) is 46.0 Å². The summed E-state index contributed by atoms with van der Waals surface area (Å²) in [4.78, 5) is 28.9. The van der Waals surface area contributed by atoms with E-state index in [4.69, 9.17) is 5.11 Å². The van der Waals surface area contributed by atoms with Crippen molar-refractivity contribution in [2.24, 2.45) is 0 Å². The molecule has 7 heteroatoms. The van der Waals surface area contributed by atoms with Crippen LogP contribution in [0, 0.1) is 0 Å². The molecule has 2 rings (SSSR count). The minimum atomic E-state index is -0.903. The van der Waals surface area contributed by atoms with Gasteiger partial charge in [0.1, 0.15) is 6.04 Å². The zero-order valence-electron chi connectivity index (χ0n) is 11.5. The van der Waals surface area contributed by atoms with Crippen LogP contribution in [0.3, 0.4) is 0 Å². The van der Waals surface area contributed by atoms with Gasteiger partial charge in [0.15, 0.2) is 5.13 Å². The predicted molar refractivity (Wildman–Crippen MR) is 77.0 cm³/mol. The van der Waals surface area contributed by atoms with Crippen molar-refractivity contribution in [3.05, 3.63) is 11.1 Å². The van der Waals surface area contributed by atoms with E-state index >= 15 is 0 Å². The average Bonchev–Trinajstić information content (AvgIpc) is 2.85. The summed E-state index contributed by atoms with van der Waals surface area (Å²) in [5.41, 5.74) is 0.516. The number of carbonyl (C=O) groups is 2. The van der Waals surface area contributed by atoms with Gasteiger partial charge in [-0.25, -0.2) is 4.98 Å². The van der Waals surface area contributed by atoms with E-state index in [2.05, 4.69) is 10.3 Å². The standard InChI is InChI=1S/C13H19N3O3S/c1-9(12(19)16-5-3-2-4-6-16)14-13-15-10(8-20-13)7-11(17)18/h8-9H,2-7H2,1H3,(H,14,15)(H,17,18). The maximum absolute atomic E-state index is 12.2. The van der Waals surface area contributed by atoms with Crippen LogP contribution in [0.5, 0.6) is 0 Å². The molecule has 1 atom stereocenters. The molecule has 6 nitrogen and oxygen atoms in total. The van der Waals surface area contributed by atoms with Crippen LogP contribution in [0.4, 0.5) is 5.13 Å². The molecule has 0 saturated carbocycles. The van der Waals surface area contributed by atoms with Gasteiger partial charge >= 0.3 is 5.97 Å². The Bertz CT molecular complexity index is 483. The van der Waals surface area contributed by atoms with Gasteiger partial charge in [-0.15, -0.1) is 11.3 Å². The van der Waals surface area contributed by atoms with Gasteiger partial charge < -0.3 is 15.3 Å². The number of carbonyl (C=O) groups excluding carboxylic acids is 1. The van der Waals surface area contributed by atoms with Crippen LogP contribution in [0.2, 0.25) is 0 Å². The van der Waals surface area contributed by atoms with Crippen molar-refractivity contribution in [3.63, 3.8) is 0 Å². The highest BCUT2D eigenvalue weighted by Crippen LogP contribution is 2.18. The summed E-state index contributed by atoms with van der Waals surface area (Å²) in [6.45, 7) is 3.47. The largest absolute Gasteiger partial charge is 0.481 e. The van der Waals surface area contributed by atoms with Crippen molar-refractivity contribution in [2.75, 3.05) is 18.4 Å². The molecule has 2 heterocycles. The molecule has 1 aliphatic heterocycles. The minimum Gasteiger partial charge on any atom is -0.481 e. The van der Waals surface area contributed by atoms with E-state index in [1.165, 1.54) is 17.8 Å². The van der Waals surface area contributed by atoms with Gasteiger partial charge in [-0.1, -0.05) is 0 Å². The summed E-state index contributed by atoms with van der Waals surface area (Å²) in [6, 6.07) is -0.336. The Hall–Kier alpha value is -1.63. The van der Waals surface area contributed by atoms with Crippen LogP contribution >= 0.6 is 11.3 Å². The first-order valence-corrected chi connectivity index (χ1v) is 7.66. The zero-order chi connectivity index (χ0) is 14.5. The van der Waals surface area contributed by atoms with Gasteiger partial charge in [0.2, 0.25) is 5.91 Å². The maximum Gasteiger partial charge on any atom is 0.309 e. The molecule has 1 amide bonds. The minimum absolute atomic E-state index is 0.0830. The molecular formula is C13H19N3O3S. The summed E-state index contributed by atoms with van der Waals surface area (Å²) in [6.07, 6.45) is 3.24. The molecule has 1 saturated heterocycles. The number of thiazole rings is 1. The van der Waals surface area contributed by atoms with Crippen molar-refractivity contribution in [1.82, 2.24) is 9.88 Å². The Morgan fingerprint density at radius 3 is 2.80 bits per heavy atom. The number of anilines is 1. The number of likely N-dealkylation sites (tertiary alicyclic amines) is 1. The molecule has 0 spiro atoms. The number of amides is 1. The number of hydrogen-bond donors (Lipinski definition) is 2. The first-order valence-electron chi connectivity index (χ1n) is 6.78. The van der Waals surface area contributed by atoms with E-state index < -0.39 is 5.97 Å². The van der Waals surface area contributed by atoms with Crippen LogP contribution in [-0.2, 0) is 16.0 Å². The third-order valence-corrected chi connectivity index (χ3v) is 4.08.